The van der Waals surface area contributed by atoms with E-state index in [1.54, 1.807) is 6.07 Å². The Morgan fingerprint density at radius 1 is 0.938 bits per heavy atom. The van der Waals surface area contributed by atoms with Gasteiger partial charge in [-0.2, -0.15) is 4.98 Å². The molecule has 3 heterocycles. The number of aryl methyl sites for hydroxylation is 1. The number of nitrogens with one attached hydrogen (secondary N) is 1. The van der Waals surface area contributed by atoms with Crippen molar-refractivity contribution in [2.24, 2.45) is 11.8 Å². The number of aromatic nitrogens is 3. The topological polar surface area (TPSA) is 63.1 Å². The summed E-state index contributed by atoms with van der Waals surface area (Å²) in [5.74, 6) is 1.94. The normalized spacial score (nSPS) is 24.9. The van der Waals surface area contributed by atoms with Crippen LogP contribution in [0.3, 0.4) is 0 Å². The predicted octanol–water partition coefficient (Wildman–Crippen LogP) is 5.19. The second-order valence-electron chi connectivity index (χ2n) is 9.87. The molecule has 3 atom stereocenters. The maximum atomic E-state index is 12.9. The van der Waals surface area contributed by atoms with Crippen molar-refractivity contribution in [3.8, 4) is 0 Å². The van der Waals surface area contributed by atoms with Crippen molar-refractivity contribution in [1.82, 2.24) is 14.5 Å². The number of rotatable bonds is 4. The highest BCUT2D eigenvalue weighted by Crippen LogP contribution is 2.50. The van der Waals surface area contributed by atoms with Gasteiger partial charge in [0.15, 0.2) is 0 Å². The summed E-state index contributed by atoms with van der Waals surface area (Å²) < 4.78 is 1.97. The highest BCUT2D eigenvalue weighted by molar-refractivity contribution is 5.79. The summed E-state index contributed by atoms with van der Waals surface area (Å²) in [5.41, 5.74) is 3.98. The van der Waals surface area contributed by atoms with Crippen LogP contribution in [0.15, 0.2) is 41.2 Å². The van der Waals surface area contributed by atoms with Crippen LogP contribution in [0.5, 0.6) is 0 Å². The summed E-state index contributed by atoms with van der Waals surface area (Å²) >= 11 is 0. The highest BCUT2D eigenvalue weighted by atomic mass is 16.1. The van der Waals surface area contributed by atoms with Crippen LogP contribution in [0.1, 0.15) is 56.7 Å². The van der Waals surface area contributed by atoms with Gasteiger partial charge in [0.1, 0.15) is 5.65 Å². The molecule has 32 heavy (non-hydrogen) atoms. The molecule has 6 rings (SSSR count). The molecule has 2 aliphatic carbocycles. The first-order chi connectivity index (χ1) is 15.7. The number of benzene rings is 1. The van der Waals surface area contributed by atoms with Crippen LogP contribution in [-0.4, -0.2) is 27.6 Å². The van der Waals surface area contributed by atoms with E-state index >= 15 is 0 Å². The van der Waals surface area contributed by atoms with Crippen molar-refractivity contribution in [3.05, 3.63) is 52.4 Å². The van der Waals surface area contributed by atoms with Crippen LogP contribution < -0.4 is 15.8 Å². The fourth-order valence-corrected chi connectivity index (χ4v) is 6.23. The number of piperidine rings is 1. The smallest absolute Gasteiger partial charge is 0.252 e. The summed E-state index contributed by atoms with van der Waals surface area (Å²) in [7, 11) is 0. The molecule has 3 aliphatic rings. The van der Waals surface area contributed by atoms with E-state index in [4.69, 9.17) is 9.97 Å². The molecule has 1 N–H and O–H groups in total. The highest BCUT2D eigenvalue weighted by Gasteiger charge is 2.41. The molecule has 1 aliphatic heterocycles. The Labute approximate surface area is 188 Å². The van der Waals surface area contributed by atoms with Gasteiger partial charge in [0.25, 0.3) is 5.56 Å². The Kier molecular flexibility index (Phi) is 4.89. The minimum Gasteiger partial charge on any atom is -0.372 e. The molecule has 6 heteroatoms. The third-order valence-electron chi connectivity index (χ3n) is 7.85. The van der Waals surface area contributed by atoms with E-state index in [-0.39, 0.29) is 11.6 Å². The summed E-state index contributed by atoms with van der Waals surface area (Å²) in [4.78, 5) is 25.0. The molecule has 2 saturated carbocycles. The van der Waals surface area contributed by atoms with Crippen LogP contribution in [0.4, 0.5) is 17.3 Å². The van der Waals surface area contributed by atoms with Crippen molar-refractivity contribution < 1.29 is 0 Å². The molecule has 0 radical (unpaired) electrons. The van der Waals surface area contributed by atoms with E-state index in [0.29, 0.717) is 11.9 Å². The van der Waals surface area contributed by atoms with E-state index in [9.17, 15) is 4.79 Å². The standard InChI is InChI=1S/C26H31N5O/c1-17-22-11-12-24(32)31(23-16-18-5-6-19(23)15-18)25(22)29-26(27-17)28-20-7-9-21(10-8-20)30-13-3-2-4-14-30/h7-12,18-19,23H,2-6,13-16H2,1H3,(H,27,28,29). The van der Waals surface area contributed by atoms with Gasteiger partial charge in [0.2, 0.25) is 5.95 Å². The lowest BCUT2D eigenvalue weighted by atomic mass is 9.95. The fourth-order valence-electron chi connectivity index (χ4n) is 6.23. The second kappa shape index (κ2) is 7.91. The van der Waals surface area contributed by atoms with Gasteiger partial charge in [0.05, 0.1) is 5.69 Å². The Morgan fingerprint density at radius 3 is 2.47 bits per heavy atom. The Morgan fingerprint density at radius 2 is 1.75 bits per heavy atom. The minimum atomic E-state index is 0.0602. The first-order valence-corrected chi connectivity index (χ1v) is 12.2. The number of hydrogen-bond donors (Lipinski definition) is 1. The van der Waals surface area contributed by atoms with E-state index < -0.39 is 0 Å². The molecule has 0 amide bonds. The number of nitrogens with zero attached hydrogens (tertiary/aromatic N) is 4. The van der Waals surface area contributed by atoms with Gasteiger partial charge in [-0.15, -0.1) is 0 Å². The Bertz CT molecular complexity index is 1200. The van der Waals surface area contributed by atoms with E-state index in [0.717, 1.165) is 47.8 Å². The SMILES string of the molecule is Cc1nc(Nc2ccc(N3CCCCC3)cc2)nc2c1ccc(=O)n2C1CC2CCC1C2. The lowest BCUT2D eigenvalue weighted by molar-refractivity contribution is 0.329. The largest absolute Gasteiger partial charge is 0.372 e. The number of anilines is 3. The second-order valence-corrected chi connectivity index (χ2v) is 9.87. The molecule has 3 unspecified atom stereocenters. The molecular weight excluding hydrogens is 398 g/mol. The zero-order valence-electron chi connectivity index (χ0n) is 18.8. The average molecular weight is 430 g/mol. The summed E-state index contributed by atoms with van der Waals surface area (Å²) in [6.45, 7) is 4.28. The van der Waals surface area contributed by atoms with Crippen molar-refractivity contribution in [3.63, 3.8) is 0 Å². The van der Waals surface area contributed by atoms with E-state index in [1.807, 2.05) is 17.6 Å². The Hall–Kier alpha value is -2.89. The van der Waals surface area contributed by atoms with Gasteiger partial charge in [-0.25, -0.2) is 4.98 Å². The van der Waals surface area contributed by atoms with Crippen molar-refractivity contribution in [1.29, 1.82) is 0 Å². The third-order valence-corrected chi connectivity index (χ3v) is 7.85. The van der Waals surface area contributed by atoms with Crippen LogP contribution in [-0.2, 0) is 0 Å². The molecular formula is C26H31N5O. The van der Waals surface area contributed by atoms with Gasteiger partial charge in [0, 0.05) is 42.0 Å². The van der Waals surface area contributed by atoms with Gasteiger partial charge in [-0.05, 0) is 87.6 Å². The number of pyridine rings is 1. The van der Waals surface area contributed by atoms with E-state index in [2.05, 4.69) is 34.5 Å². The molecule has 3 fully saturated rings. The van der Waals surface area contributed by atoms with Crippen LogP contribution in [0, 0.1) is 18.8 Å². The van der Waals surface area contributed by atoms with Gasteiger partial charge >= 0.3 is 0 Å². The molecule has 2 aromatic heterocycles. The van der Waals surface area contributed by atoms with Crippen molar-refractivity contribution >= 4 is 28.4 Å². The summed E-state index contributed by atoms with van der Waals surface area (Å²) in [6, 6.07) is 12.4. The first kappa shape index (κ1) is 19.8. The molecule has 3 aromatic rings. The fraction of sp³-hybridized carbons (Fsp3) is 0.500. The van der Waals surface area contributed by atoms with Crippen molar-refractivity contribution in [2.75, 3.05) is 23.3 Å². The van der Waals surface area contributed by atoms with Crippen LogP contribution >= 0.6 is 0 Å². The zero-order valence-corrected chi connectivity index (χ0v) is 18.8. The summed E-state index contributed by atoms with van der Waals surface area (Å²) in [5, 5.41) is 4.35. The van der Waals surface area contributed by atoms with E-state index in [1.165, 1.54) is 44.2 Å². The number of fused-ring (bicyclic) bond motifs is 3. The lowest BCUT2D eigenvalue weighted by Crippen LogP contribution is -2.29. The first-order valence-electron chi connectivity index (χ1n) is 12.2. The maximum Gasteiger partial charge on any atom is 0.252 e. The molecule has 1 aromatic carbocycles. The van der Waals surface area contributed by atoms with Gasteiger partial charge in [-0.3, -0.25) is 9.36 Å². The zero-order chi connectivity index (χ0) is 21.7. The third kappa shape index (κ3) is 3.46. The Balaban J connectivity index is 1.32. The maximum absolute atomic E-state index is 12.9. The van der Waals surface area contributed by atoms with Gasteiger partial charge < -0.3 is 10.2 Å². The molecule has 166 valence electrons. The van der Waals surface area contributed by atoms with Crippen LogP contribution in [0.25, 0.3) is 11.0 Å². The lowest BCUT2D eigenvalue weighted by Gasteiger charge is -2.28. The van der Waals surface area contributed by atoms with Crippen molar-refractivity contribution in [2.45, 2.75) is 57.9 Å². The quantitative estimate of drug-likeness (QED) is 0.618. The molecule has 2 bridgehead atoms. The predicted molar refractivity (Wildman–Crippen MR) is 129 cm³/mol. The van der Waals surface area contributed by atoms with Gasteiger partial charge in [-0.1, -0.05) is 6.42 Å². The monoisotopic (exact) mass is 429 g/mol. The summed E-state index contributed by atoms with van der Waals surface area (Å²) in [6.07, 6.45) is 8.79. The minimum absolute atomic E-state index is 0.0602. The number of hydrogen-bond acceptors (Lipinski definition) is 5. The average Bonchev–Trinajstić information content (AvgIpc) is 3.44. The molecule has 6 nitrogen and oxygen atoms in total. The molecule has 0 spiro atoms. The van der Waals surface area contributed by atoms with Crippen LogP contribution in [0.2, 0.25) is 0 Å². The molecule has 1 saturated heterocycles.